The molecule has 3 rings (SSSR count). The van der Waals surface area contributed by atoms with Gasteiger partial charge in [-0.2, -0.15) is 0 Å². The van der Waals surface area contributed by atoms with E-state index in [2.05, 4.69) is 27.6 Å². The van der Waals surface area contributed by atoms with Gasteiger partial charge in [-0.25, -0.2) is 9.79 Å². The van der Waals surface area contributed by atoms with Crippen molar-refractivity contribution in [2.45, 2.75) is 0 Å². The molecule has 7 heteroatoms. The van der Waals surface area contributed by atoms with Crippen molar-refractivity contribution in [1.82, 2.24) is 0 Å². The zero-order valence-electron chi connectivity index (χ0n) is 14.4. The van der Waals surface area contributed by atoms with E-state index in [1.165, 1.54) is 21.3 Å². The molecule has 0 saturated heterocycles. The molecule has 0 unspecified atom stereocenters. The molecule has 0 aliphatic carbocycles. The Morgan fingerprint density at radius 1 is 1.00 bits per heavy atom. The van der Waals surface area contributed by atoms with Crippen LogP contribution in [0.25, 0.3) is 6.08 Å². The lowest BCUT2D eigenvalue weighted by Crippen LogP contribution is -2.05. The van der Waals surface area contributed by atoms with E-state index in [9.17, 15) is 4.79 Å². The number of rotatable bonds is 5. The van der Waals surface area contributed by atoms with E-state index in [0.29, 0.717) is 22.8 Å². The number of hydrogen-bond acceptors (Lipinski definition) is 6. The van der Waals surface area contributed by atoms with Crippen LogP contribution < -0.4 is 14.2 Å². The van der Waals surface area contributed by atoms with E-state index >= 15 is 0 Å². The number of nitrogens with zero attached hydrogens (tertiary/aromatic N) is 1. The molecule has 0 N–H and O–H groups in total. The number of hydrogen-bond donors (Lipinski definition) is 0. The number of aliphatic imine (C=N–C) groups is 1. The van der Waals surface area contributed by atoms with E-state index in [1.54, 1.807) is 18.2 Å². The van der Waals surface area contributed by atoms with Gasteiger partial charge < -0.3 is 18.9 Å². The molecule has 1 aliphatic rings. The van der Waals surface area contributed by atoms with Crippen molar-refractivity contribution < 1.29 is 23.7 Å². The van der Waals surface area contributed by atoms with Crippen LogP contribution in [0.2, 0.25) is 0 Å². The Kier molecular flexibility index (Phi) is 5.46. The number of esters is 1. The van der Waals surface area contributed by atoms with Gasteiger partial charge in [0.15, 0.2) is 17.2 Å². The van der Waals surface area contributed by atoms with Gasteiger partial charge in [0.25, 0.3) is 0 Å². The van der Waals surface area contributed by atoms with Crippen LogP contribution in [-0.2, 0) is 9.53 Å². The average Bonchev–Trinajstić information content (AvgIpc) is 3.01. The van der Waals surface area contributed by atoms with Crippen molar-refractivity contribution >= 4 is 40.5 Å². The maximum absolute atomic E-state index is 12.2. The molecule has 2 aromatic carbocycles. The monoisotopic (exact) mass is 465 g/mol. The number of carbonyl (C=O) groups is 1. The lowest BCUT2D eigenvalue weighted by molar-refractivity contribution is -0.129. The fourth-order valence-electron chi connectivity index (χ4n) is 2.47. The predicted molar refractivity (Wildman–Crippen MR) is 106 cm³/mol. The van der Waals surface area contributed by atoms with Crippen molar-refractivity contribution in [3.8, 4) is 17.2 Å². The molecular formula is C19H16INO5. The summed E-state index contributed by atoms with van der Waals surface area (Å²) in [5.74, 6) is 1.24. The molecule has 0 fully saturated rings. The lowest BCUT2D eigenvalue weighted by atomic mass is 10.1. The summed E-state index contributed by atoms with van der Waals surface area (Å²) in [6.45, 7) is 0. The quantitative estimate of drug-likeness (QED) is 0.383. The summed E-state index contributed by atoms with van der Waals surface area (Å²) >= 11 is 2.21. The van der Waals surface area contributed by atoms with Crippen LogP contribution in [0.4, 0.5) is 0 Å². The van der Waals surface area contributed by atoms with Gasteiger partial charge >= 0.3 is 5.97 Å². The second-order valence-electron chi connectivity index (χ2n) is 5.30. The summed E-state index contributed by atoms with van der Waals surface area (Å²) in [6.07, 6.45) is 1.62. The van der Waals surface area contributed by atoms with Crippen molar-refractivity contribution in [1.29, 1.82) is 0 Å². The van der Waals surface area contributed by atoms with Gasteiger partial charge in [0.05, 0.1) is 21.3 Å². The van der Waals surface area contributed by atoms with Crippen molar-refractivity contribution in [3.05, 3.63) is 56.8 Å². The van der Waals surface area contributed by atoms with Crippen molar-refractivity contribution in [2.24, 2.45) is 4.99 Å². The predicted octanol–water partition coefficient (Wildman–Crippen LogP) is 3.66. The first-order valence-electron chi connectivity index (χ1n) is 7.64. The third-order valence-electron chi connectivity index (χ3n) is 3.70. The summed E-state index contributed by atoms with van der Waals surface area (Å²) < 4.78 is 22.3. The molecule has 0 saturated carbocycles. The number of halogens is 1. The van der Waals surface area contributed by atoms with E-state index < -0.39 is 5.97 Å². The number of carbonyl (C=O) groups excluding carboxylic acids is 1. The first-order chi connectivity index (χ1) is 12.5. The maximum atomic E-state index is 12.2. The Bertz CT molecular complexity index is 878. The molecule has 134 valence electrons. The zero-order chi connectivity index (χ0) is 18.7. The molecular weight excluding hydrogens is 449 g/mol. The molecule has 0 bridgehead atoms. The summed E-state index contributed by atoms with van der Waals surface area (Å²) in [7, 11) is 4.60. The summed E-state index contributed by atoms with van der Waals surface area (Å²) in [5, 5.41) is 0. The number of ether oxygens (including phenoxy) is 4. The van der Waals surface area contributed by atoms with Gasteiger partial charge in [-0.3, -0.25) is 0 Å². The first-order valence-corrected chi connectivity index (χ1v) is 8.72. The minimum Gasteiger partial charge on any atom is -0.493 e. The second-order valence-corrected chi connectivity index (χ2v) is 6.55. The summed E-state index contributed by atoms with van der Waals surface area (Å²) in [5.41, 5.74) is 1.62. The summed E-state index contributed by atoms with van der Waals surface area (Å²) in [4.78, 5) is 16.5. The summed E-state index contributed by atoms with van der Waals surface area (Å²) in [6, 6.07) is 11.0. The highest BCUT2D eigenvalue weighted by Crippen LogP contribution is 2.39. The smallest absolute Gasteiger partial charge is 0.363 e. The van der Waals surface area contributed by atoms with E-state index in [-0.39, 0.29) is 11.6 Å². The topological polar surface area (TPSA) is 66.4 Å². The number of benzene rings is 2. The Morgan fingerprint density at radius 3 is 2.15 bits per heavy atom. The maximum Gasteiger partial charge on any atom is 0.363 e. The van der Waals surface area contributed by atoms with Gasteiger partial charge in [0.1, 0.15) is 0 Å². The van der Waals surface area contributed by atoms with Crippen LogP contribution >= 0.6 is 22.6 Å². The van der Waals surface area contributed by atoms with Crippen LogP contribution in [-0.4, -0.2) is 33.2 Å². The number of methoxy groups -OCH3 is 3. The number of cyclic esters (lactones) is 1. The minimum atomic E-state index is -0.507. The fourth-order valence-corrected chi connectivity index (χ4v) is 2.83. The molecule has 0 amide bonds. The fraction of sp³-hybridized carbons (Fsp3) is 0.158. The van der Waals surface area contributed by atoms with Crippen molar-refractivity contribution in [3.63, 3.8) is 0 Å². The van der Waals surface area contributed by atoms with E-state index in [1.807, 2.05) is 24.3 Å². The average molecular weight is 465 g/mol. The Balaban J connectivity index is 1.99. The Labute approximate surface area is 164 Å². The van der Waals surface area contributed by atoms with Crippen molar-refractivity contribution in [2.75, 3.05) is 21.3 Å². The van der Waals surface area contributed by atoms with Gasteiger partial charge in [-0.1, -0.05) is 0 Å². The van der Waals surface area contributed by atoms with Gasteiger partial charge in [-0.15, -0.1) is 0 Å². The Hall–Kier alpha value is -2.55. The zero-order valence-corrected chi connectivity index (χ0v) is 16.6. The third kappa shape index (κ3) is 3.67. The highest BCUT2D eigenvalue weighted by molar-refractivity contribution is 14.1. The van der Waals surface area contributed by atoms with Crippen LogP contribution in [0.1, 0.15) is 11.1 Å². The SMILES string of the molecule is COc1cc(/C=C2\N=C(c3ccc(I)cc3)OC2=O)cc(OC)c1OC. The third-order valence-corrected chi connectivity index (χ3v) is 4.42. The standard InChI is InChI=1S/C19H16INO5/c1-23-15-9-11(10-16(24-2)17(15)25-3)8-14-19(22)26-18(21-14)12-4-6-13(20)7-5-12/h4-10H,1-3H3/b14-8-. The molecule has 0 radical (unpaired) electrons. The van der Waals surface area contributed by atoms with Crippen LogP contribution in [0, 0.1) is 3.57 Å². The lowest BCUT2D eigenvalue weighted by Gasteiger charge is -2.12. The Morgan fingerprint density at radius 2 is 1.62 bits per heavy atom. The molecule has 0 spiro atoms. The molecule has 26 heavy (non-hydrogen) atoms. The molecule has 1 heterocycles. The highest BCUT2D eigenvalue weighted by Gasteiger charge is 2.24. The molecule has 6 nitrogen and oxygen atoms in total. The molecule has 0 atom stereocenters. The van der Waals surface area contributed by atoms with Crippen LogP contribution in [0.3, 0.4) is 0 Å². The molecule has 2 aromatic rings. The van der Waals surface area contributed by atoms with Gasteiger partial charge in [0, 0.05) is 9.13 Å². The first kappa shape index (κ1) is 18.2. The van der Waals surface area contributed by atoms with E-state index in [0.717, 1.165) is 9.13 Å². The minimum absolute atomic E-state index is 0.202. The largest absolute Gasteiger partial charge is 0.493 e. The normalized spacial score (nSPS) is 14.8. The van der Waals surface area contributed by atoms with Gasteiger partial charge in [-0.05, 0) is 70.6 Å². The second kappa shape index (κ2) is 7.77. The molecule has 0 aromatic heterocycles. The van der Waals surface area contributed by atoms with E-state index in [4.69, 9.17) is 18.9 Å². The van der Waals surface area contributed by atoms with Crippen LogP contribution in [0.5, 0.6) is 17.2 Å². The van der Waals surface area contributed by atoms with Gasteiger partial charge in [0.2, 0.25) is 11.6 Å². The van der Waals surface area contributed by atoms with Crippen LogP contribution in [0.15, 0.2) is 47.1 Å². The highest BCUT2D eigenvalue weighted by atomic mass is 127. The molecule has 1 aliphatic heterocycles.